The first-order chi connectivity index (χ1) is 15.8. The van der Waals surface area contributed by atoms with Crippen LogP contribution in [0.5, 0.6) is 0 Å². The molecule has 6 heteroatoms. The maximum Gasteiger partial charge on any atom is 0.278 e. The van der Waals surface area contributed by atoms with E-state index in [2.05, 4.69) is 22.3 Å². The Morgan fingerprint density at radius 3 is 2.18 bits per heavy atom. The number of carbonyl (C=O) groups is 2. The monoisotopic (exact) mass is 447 g/mol. The van der Waals surface area contributed by atoms with E-state index in [1.54, 1.807) is 0 Å². The molecule has 2 amide bonds. The number of nitrogens with zero attached hydrogens (tertiary/aromatic N) is 2. The van der Waals surface area contributed by atoms with Crippen LogP contribution in [0.4, 0.5) is 5.69 Å². The van der Waals surface area contributed by atoms with Crippen molar-refractivity contribution >= 4 is 23.1 Å². The summed E-state index contributed by atoms with van der Waals surface area (Å²) in [5, 5.41) is 3.32. The SMILES string of the molecule is Cc1ccc(NC2=C(c3ccc(C)cc3C)C(=O)N(CCCN3CCOCC3)C2=O)c(C)c1. The van der Waals surface area contributed by atoms with Crippen molar-refractivity contribution in [2.75, 3.05) is 44.7 Å². The van der Waals surface area contributed by atoms with Gasteiger partial charge in [0.05, 0.1) is 18.8 Å². The number of aryl methyl sites for hydroxylation is 4. The molecule has 0 aliphatic carbocycles. The molecule has 33 heavy (non-hydrogen) atoms. The molecule has 1 fully saturated rings. The Morgan fingerprint density at radius 2 is 1.52 bits per heavy atom. The van der Waals surface area contributed by atoms with E-state index >= 15 is 0 Å². The highest BCUT2D eigenvalue weighted by Crippen LogP contribution is 2.33. The Kier molecular flexibility index (Phi) is 6.96. The van der Waals surface area contributed by atoms with E-state index in [4.69, 9.17) is 4.74 Å². The third-order valence-corrected chi connectivity index (χ3v) is 6.42. The molecule has 1 saturated heterocycles. The van der Waals surface area contributed by atoms with Gasteiger partial charge < -0.3 is 10.1 Å². The van der Waals surface area contributed by atoms with Crippen LogP contribution in [0.3, 0.4) is 0 Å². The summed E-state index contributed by atoms with van der Waals surface area (Å²) in [6.45, 7) is 12.6. The fourth-order valence-corrected chi connectivity index (χ4v) is 4.60. The zero-order valence-corrected chi connectivity index (χ0v) is 20.0. The van der Waals surface area contributed by atoms with Gasteiger partial charge in [-0.25, -0.2) is 0 Å². The van der Waals surface area contributed by atoms with E-state index in [0.717, 1.165) is 72.8 Å². The van der Waals surface area contributed by atoms with Crippen molar-refractivity contribution in [3.63, 3.8) is 0 Å². The second-order valence-corrected chi connectivity index (χ2v) is 9.08. The second kappa shape index (κ2) is 9.89. The van der Waals surface area contributed by atoms with Gasteiger partial charge in [-0.15, -0.1) is 0 Å². The normalized spacial score (nSPS) is 17.3. The van der Waals surface area contributed by atoms with Crippen molar-refractivity contribution in [2.24, 2.45) is 0 Å². The number of rotatable bonds is 7. The molecule has 2 aromatic carbocycles. The number of ether oxygens (including phenoxy) is 1. The Morgan fingerprint density at radius 1 is 0.848 bits per heavy atom. The third kappa shape index (κ3) is 5.02. The highest BCUT2D eigenvalue weighted by atomic mass is 16.5. The number of hydrogen-bond acceptors (Lipinski definition) is 5. The number of benzene rings is 2. The largest absolute Gasteiger partial charge is 0.379 e. The highest BCUT2D eigenvalue weighted by molar-refractivity contribution is 6.36. The minimum Gasteiger partial charge on any atom is -0.379 e. The summed E-state index contributed by atoms with van der Waals surface area (Å²) in [4.78, 5) is 30.8. The van der Waals surface area contributed by atoms with Gasteiger partial charge in [0.25, 0.3) is 11.8 Å². The molecule has 0 unspecified atom stereocenters. The van der Waals surface area contributed by atoms with E-state index in [-0.39, 0.29) is 11.8 Å². The van der Waals surface area contributed by atoms with Crippen molar-refractivity contribution < 1.29 is 14.3 Å². The summed E-state index contributed by atoms with van der Waals surface area (Å²) in [6, 6.07) is 12.0. The summed E-state index contributed by atoms with van der Waals surface area (Å²) >= 11 is 0. The molecule has 0 spiro atoms. The van der Waals surface area contributed by atoms with Gasteiger partial charge in [0.15, 0.2) is 0 Å². The van der Waals surface area contributed by atoms with Crippen LogP contribution in [-0.2, 0) is 14.3 Å². The first-order valence-corrected chi connectivity index (χ1v) is 11.7. The number of amides is 2. The van der Waals surface area contributed by atoms with Gasteiger partial charge in [0, 0.05) is 31.9 Å². The summed E-state index contributed by atoms with van der Waals surface area (Å²) in [5.74, 6) is -0.474. The number of morpholine rings is 1. The quantitative estimate of drug-likeness (QED) is 0.654. The molecule has 1 N–H and O–H groups in total. The molecular weight excluding hydrogens is 414 g/mol. The zero-order chi connectivity index (χ0) is 23.5. The molecule has 0 saturated carbocycles. The van der Waals surface area contributed by atoms with Crippen LogP contribution in [-0.4, -0.2) is 61.0 Å². The molecule has 2 aliphatic heterocycles. The fourth-order valence-electron chi connectivity index (χ4n) is 4.60. The number of nitrogens with one attached hydrogen (secondary N) is 1. The average Bonchev–Trinajstić information content (AvgIpc) is 3.01. The first-order valence-electron chi connectivity index (χ1n) is 11.7. The number of hydrogen-bond donors (Lipinski definition) is 1. The zero-order valence-electron chi connectivity index (χ0n) is 20.0. The maximum atomic E-state index is 13.5. The average molecular weight is 448 g/mol. The third-order valence-electron chi connectivity index (χ3n) is 6.42. The first kappa shape index (κ1) is 23.2. The molecule has 0 aromatic heterocycles. The van der Waals surface area contributed by atoms with Crippen LogP contribution >= 0.6 is 0 Å². The van der Waals surface area contributed by atoms with E-state index in [1.807, 2.05) is 52.0 Å². The molecule has 2 aromatic rings. The maximum absolute atomic E-state index is 13.5. The van der Waals surface area contributed by atoms with E-state index in [9.17, 15) is 9.59 Å². The predicted molar refractivity (Wildman–Crippen MR) is 131 cm³/mol. The Bertz CT molecular complexity index is 1100. The summed E-state index contributed by atoms with van der Waals surface area (Å²) in [7, 11) is 0. The fraction of sp³-hybridized carbons (Fsp3) is 0.407. The van der Waals surface area contributed by atoms with E-state index in [1.165, 1.54) is 4.90 Å². The van der Waals surface area contributed by atoms with Gasteiger partial charge in [-0.05, 0) is 56.9 Å². The van der Waals surface area contributed by atoms with Crippen LogP contribution in [0.1, 0.15) is 34.2 Å². The Balaban J connectivity index is 1.62. The lowest BCUT2D eigenvalue weighted by molar-refractivity contribution is -0.136. The van der Waals surface area contributed by atoms with Crippen LogP contribution in [0.2, 0.25) is 0 Å². The van der Waals surface area contributed by atoms with Gasteiger partial charge in [-0.1, -0.05) is 41.5 Å². The molecule has 0 bridgehead atoms. The van der Waals surface area contributed by atoms with E-state index < -0.39 is 0 Å². The minimum atomic E-state index is -0.253. The number of carbonyl (C=O) groups excluding carboxylic acids is 2. The Hall–Kier alpha value is -2.96. The smallest absolute Gasteiger partial charge is 0.278 e. The van der Waals surface area contributed by atoms with Crippen molar-refractivity contribution in [1.82, 2.24) is 9.80 Å². The number of anilines is 1. The minimum absolute atomic E-state index is 0.221. The van der Waals surface area contributed by atoms with Crippen molar-refractivity contribution in [1.29, 1.82) is 0 Å². The summed E-state index contributed by atoms with van der Waals surface area (Å²) < 4.78 is 5.41. The highest BCUT2D eigenvalue weighted by Gasteiger charge is 2.39. The van der Waals surface area contributed by atoms with Crippen molar-refractivity contribution in [3.05, 3.63) is 69.9 Å². The molecular formula is C27H33N3O3. The lowest BCUT2D eigenvalue weighted by Gasteiger charge is -2.27. The second-order valence-electron chi connectivity index (χ2n) is 9.08. The molecule has 2 heterocycles. The van der Waals surface area contributed by atoms with Gasteiger partial charge >= 0.3 is 0 Å². The lowest BCUT2D eigenvalue weighted by Crippen LogP contribution is -2.39. The molecule has 6 nitrogen and oxygen atoms in total. The summed E-state index contributed by atoms with van der Waals surface area (Å²) in [6.07, 6.45) is 0.745. The van der Waals surface area contributed by atoms with Crippen LogP contribution < -0.4 is 5.32 Å². The Labute approximate surface area is 196 Å². The molecule has 0 atom stereocenters. The van der Waals surface area contributed by atoms with Crippen molar-refractivity contribution in [2.45, 2.75) is 34.1 Å². The standard InChI is InChI=1S/C27H33N3O3/c1-18-6-8-22(20(3)16-18)24-25(28-23-9-7-19(2)17-21(23)4)27(32)30(26(24)31)11-5-10-29-12-14-33-15-13-29/h6-9,16-17,28H,5,10-15H2,1-4H3. The van der Waals surface area contributed by atoms with Gasteiger partial charge in [0.1, 0.15) is 5.70 Å². The molecule has 174 valence electrons. The topological polar surface area (TPSA) is 61.9 Å². The molecule has 4 rings (SSSR count). The van der Waals surface area contributed by atoms with Crippen molar-refractivity contribution in [3.8, 4) is 0 Å². The molecule has 0 radical (unpaired) electrons. The van der Waals surface area contributed by atoms with Crippen LogP contribution in [0, 0.1) is 27.7 Å². The lowest BCUT2D eigenvalue weighted by atomic mass is 9.97. The van der Waals surface area contributed by atoms with Crippen LogP contribution in [0.15, 0.2) is 42.1 Å². The van der Waals surface area contributed by atoms with Gasteiger partial charge in [-0.2, -0.15) is 0 Å². The van der Waals surface area contributed by atoms with Crippen LogP contribution in [0.25, 0.3) is 5.57 Å². The predicted octanol–water partition coefficient (Wildman–Crippen LogP) is 3.83. The van der Waals surface area contributed by atoms with Gasteiger partial charge in [-0.3, -0.25) is 19.4 Å². The molecule has 2 aliphatic rings. The van der Waals surface area contributed by atoms with E-state index in [0.29, 0.717) is 17.8 Å². The number of imide groups is 1. The van der Waals surface area contributed by atoms with Gasteiger partial charge in [0.2, 0.25) is 0 Å². The summed E-state index contributed by atoms with van der Waals surface area (Å²) in [5.41, 5.74) is 6.78.